The molecule has 1 aromatic carbocycles. The summed E-state index contributed by atoms with van der Waals surface area (Å²) in [5, 5.41) is 49.4. The Morgan fingerprint density at radius 1 is 0.833 bits per heavy atom. The van der Waals surface area contributed by atoms with E-state index in [1.165, 1.54) is 12.1 Å². The maximum Gasteiger partial charge on any atom is 0.326 e. The number of amides is 6. The molecule has 15 N–H and O–H groups in total. The lowest BCUT2D eigenvalue weighted by Crippen LogP contribution is -2.58. The van der Waals surface area contributed by atoms with Gasteiger partial charge in [-0.05, 0) is 56.2 Å². The average molecular weight is 765 g/mol. The van der Waals surface area contributed by atoms with Crippen LogP contribution in [-0.4, -0.2) is 142 Å². The van der Waals surface area contributed by atoms with Crippen LogP contribution < -0.4 is 43.8 Å². The third-order valence-electron chi connectivity index (χ3n) is 8.09. The van der Waals surface area contributed by atoms with Crippen LogP contribution in [0, 0.1) is 0 Å². The molecule has 0 bridgehead atoms. The van der Waals surface area contributed by atoms with Gasteiger partial charge in [0.1, 0.15) is 29.9 Å². The van der Waals surface area contributed by atoms with Crippen LogP contribution in [0.3, 0.4) is 0 Å². The molecule has 5 atom stereocenters. The minimum absolute atomic E-state index is 0.0236. The summed E-state index contributed by atoms with van der Waals surface area (Å²) in [7, 11) is 0. The van der Waals surface area contributed by atoms with E-state index in [4.69, 9.17) is 22.3 Å². The van der Waals surface area contributed by atoms with Crippen molar-refractivity contribution in [1.29, 1.82) is 0 Å². The molecule has 0 unspecified atom stereocenters. The summed E-state index contributed by atoms with van der Waals surface area (Å²) in [6.45, 7) is -2.09. The topological polar surface area (TPSA) is 371 Å². The van der Waals surface area contributed by atoms with E-state index in [0.29, 0.717) is 12.0 Å². The van der Waals surface area contributed by atoms with E-state index in [1.54, 1.807) is 12.1 Å². The van der Waals surface area contributed by atoms with Gasteiger partial charge in [0.25, 0.3) is 0 Å². The van der Waals surface area contributed by atoms with E-state index in [0.717, 1.165) is 4.90 Å². The minimum Gasteiger partial charge on any atom is -0.508 e. The maximum atomic E-state index is 13.1. The lowest BCUT2D eigenvalue weighted by Gasteiger charge is -2.27. The zero-order valence-electron chi connectivity index (χ0n) is 29.4. The van der Waals surface area contributed by atoms with Gasteiger partial charge in [0.2, 0.25) is 35.4 Å². The highest BCUT2D eigenvalue weighted by Gasteiger charge is 2.38. The molecule has 0 radical (unpaired) electrons. The molecule has 54 heavy (non-hydrogen) atoms. The SMILES string of the molecule is NC(N)=NCCC[C@H](NC(=O)CNC(=O)[C@@H](N)Cc1ccc(O)cc1)C(=O)NCC(=O)N[C@@H](CCC(=O)O)C(=O)N[C@@H](CO)C(=O)N1CCC[C@H]1C(=O)O. The van der Waals surface area contributed by atoms with E-state index in [1.807, 2.05) is 0 Å². The fraction of sp³-hybridized carbons (Fsp3) is 0.531. The van der Waals surface area contributed by atoms with Crippen LogP contribution in [0.5, 0.6) is 5.75 Å². The van der Waals surface area contributed by atoms with E-state index < -0.39 is 110 Å². The number of aromatic hydroxyl groups is 1. The zero-order valence-corrected chi connectivity index (χ0v) is 29.4. The first-order chi connectivity index (χ1) is 25.5. The predicted octanol–water partition coefficient (Wildman–Crippen LogP) is -5.06. The molecule has 22 heteroatoms. The Labute approximate surface area is 309 Å². The monoisotopic (exact) mass is 764 g/mol. The maximum absolute atomic E-state index is 13.1. The third-order valence-corrected chi connectivity index (χ3v) is 8.09. The molecule has 0 saturated carbocycles. The molecule has 1 saturated heterocycles. The van der Waals surface area contributed by atoms with Crippen molar-refractivity contribution in [2.24, 2.45) is 22.2 Å². The van der Waals surface area contributed by atoms with E-state index in [-0.39, 0.29) is 50.5 Å². The number of phenols is 1. The highest BCUT2D eigenvalue weighted by Crippen LogP contribution is 2.18. The van der Waals surface area contributed by atoms with Crippen molar-refractivity contribution in [3.8, 4) is 5.75 Å². The number of nitrogens with zero attached hydrogens (tertiary/aromatic N) is 2. The molecule has 1 aromatic rings. The average Bonchev–Trinajstić information content (AvgIpc) is 3.62. The second kappa shape index (κ2) is 22.1. The summed E-state index contributed by atoms with van der Waals surface area (Å²) in [6.07, 6.45) is -0.224. The number of hydrogen-bond donors (Lipinski definition) is 12. The number of carbonyl (C=O) groups excluding carboxylic acids is 6. The van der Waals surface area contributed by atoms with Crippen LogP contribution in [0.15, 0.2) is 29.3 Å². The minimum atomic E-state index is -1.59. The number of nitrogens with two attached hydrogens (primary N) is 3. The zero-order chi connectivity index (χ0) is 40.4. The van der Waals surface area contributed by atoms with E-state index >= 15 is 0 Å². The van der Waals surface area contributed by atoms with Crippen molar-refractivity contribution >= 4 is 53.3 Å². The summed E-state index contributed by atoms with van der Waals surface area (Å²) in [6, 6.07) is -0.586. The molecule has 1 aliphatic rings. The number of nitrogens with one attached hydrogen (secondary N) is 5. The van der Waals surface area contributed by atoms with Gasteiger partial charge in [0.15, 0.2) is 5.96 Å². The van der Waals surface area contributed by atoms with Crippen molar-refractivity contribution in [3.63, 3.8) is 0 Å². The molecule has 1 aliphatic heterocycles. The number of benzene rings is 1. The van der Waals surface area contributed by atoms with Gasteiger partial charge in [-0.15, -0.1) is 0 Å². The van der Waals surface area contributed by atoms with Gasteiger partial charge in [0.05, 0.1) is 25.7 Å². The quantitative estimate of drug-likeness (QED) is 0.0299. The number of carboxylic acids is 2. The van der Waals surface area contributed by atoms with Crippen LogP contribution >= 0.6 is 0 Å². The smallest absolute Gasteiger partial charge is 0.326 e. The second-order valence-electron chi connectivity index (χ2n) is 12.3. The summed E-state index contributed by atoms with van der Waals surface area (Å²) in [5.41, 5.74) is 17.2. The number of hydrogen-bond acceptors (Lipinski definition) is 12. The van der Waals surface area contributed by atoms with E-state index in [9.17, 15) is 53.7 Å². The van der Waals surface area contributed by atoms with Crippen LogP contribution in [0.4, 0.5) is 0 Å². The van der Waals surface area contributed by atoms with Gasteiger partial charge in [-0.25, -0.2) is 4.79 Å². The molecule has 298 valence electrons. The number of aliphatic carboxylic acids is 2. The molecule has 2 rings (SSSR count). The van der Waals surface area contributed by atoms with Gasteiger partial charge in [0, 0.05) is 19.5 Å². The molecule has 0 aromatic heterocycles. The fourth-order valence-electron chi connectivity index (χ4n) is 5.31. The second-order valence-corrected chi connectivity index (χ2v) is 12.3. The van der Waals surface area contributed by atoms with Crippen LogP contribution in [0.2, 0.25) is 0 Å². The molecule has 22 nitrogen and oxygen atoms in total. The lowest BCUT2D eigenvalue weighted by atomic mass is 10.1. The number of carbonyl (C=O) groups is 8. The number of aliphatic hydroxyl groups excluding tert-OH is 1. The Morgan fingerprint density at radius 3 is 1.98 bits per heavy atom. The van der Waals surface area contributed by atoms with E-state index in [2.05, 4.69) is 31.6 Å². The van der Waals surface area contributed by atoms with Gasteiger partial charge in [-0.1, -0.05) is 12.1 Å². The highest BCUT2D eigenvalue weighted by atomic mass is 16.4. The van der Waals surface area contributed by atoms with Crippen molar-refractivity contribution in [3.05, 3.63) is 29.8 Å². The van der Waals surface area contributed by atoms with Gasteiger partial charge >= 0.3 is 11.9 Å². The van der Waals surface area contributed by atoms with Gasteiger partial charge in [-0.3, -0.25) is 38.6 Å². The first-order valence-corrected chi connectivity index (χ1v) is 16.9. The van der Waals surface area contributed by atoms with Crippen molar-refractivity contribution in [2.75, 3.05) is 32.8 Å². The number of aliphatic hydroxyl groups is 1. The standard InChI is InChI=1S/C32H48N10O12/c33-19(13-17-5-7-18(44)8-6-17)27(49)37-14-24(45)39-20(3-1-11-36-32(34)35)28(50)38-15-25(46)40-21(9-10-26(47)48)29(51)41-22(16-43)30(52)42-12-2-4-23(42)31(53)54/h5-8,19-23,43-44H,1-4,9-16,33H2,(H,37,49)(H,38,50)(H,39,45)(H,40,46)(H,41,51)(H,47,48)(H,53,54)(H4,34,35,36)/t19-,20-,21-,22-,23-/m0/s1. The number of carboxylic acid groups (broad SMARTS) is 2. The summed E-state index contributed by atoms with van der Waals surface area (Å²) >= 11 is 0. The van der Waals surface area contributed by atoms with Gasteiger partial charge in [-0.2, -0.15) is 0 Å². The molecular weight excluding hydrogens is 716 g/mol. The first kappa shape index (κ1) is 44.1. The normalized spacial score (nSPS) is 15.7. The predicted molar refractivity (Wildman–Crippen MR) is 188 cm³/mol. The number of guanidine groups is 1. The largest absolute Gasteiger partial charge is 0.508 e. The Hall–Kier alpha value is -6.03. The van der Waals surface area contributed by atoms with Crippen LogP contribution in [-0.2, 0) is 44.8 Å². The Bertz CT molecular complexity index is 1540. The number of rotatable bonds is 22. The molecule has 1 heterocycles. The van der Waals surface area contributed by atoms with Crippen LogP contribution in [0.25, 0.3) is 0 Å². The van der Waals surface area contributed by atoms with Crippen molar-refractivity contribution in [1.82, 2.24) is 31.5 Å². The fourth-order valence-corrected chi connectivity index (χ4v) is 5.31. The van der Waals surface area contributed by atoms with Crippen molar-refractivity contribution in [2.45, 2.75) is 75.2 Å². The Balaban J connectivity index is 2.02. The molecule has 6 amide bonds. The third kappa shape index (κ3) is 15.3. The van der Waals surface area contributed by atoms with Gasteiger partial charge < -0.3 is 69.1 Å². The first-order valence-electron chi connectivity index (χ1n) is 16.9. The summed E-state index contributed by atoms with van der Waals surface area (Å²) in [4.78, 5) is 105. The molecule has 0 aliphatic carbocycles. The van der Waals surface area contributed by atoms with Crippen molar-refractivity contribution < 1.29 is 58.8 Å². The summed E-state index contributed by atoms with van der Waals surface area (Å²) < 4.78 is 0. The Kier molecular flexibility index (Phi) is 18.1. The lowest BCUT2D eigenvalue weighted by molar-refractivity contribution is -0.150. The summed E-state index contributed by atoms with van der Waals surface area (Å²) in [5.74, 6) is -7.95. The Morgan fingerprint density at radius 2 is 1.43 bits per heavy atom. The number of phenolic OH excluding ortho intramolecular Hbond substituents is 1. The highest BCUT2D eigenvalue weighted by molar-refractivity contribution is 5.95. The molecular formula is C32H48N10O12. The van der Waals surface area contributed by atoms with Crippen LogP contribution in [0.1, 0.15) is 44.1 Å². The number of aliphatic imine (C=N–C) groups is 1. The number of likely N-dealkylation sites (tertiary alicyclic amines) is 1. The molecule has 0 spiro atoms. The molecule has 1 fully saturated rings.